The second-order valence-electron chi connectivity index (χ2n) is 6.61. The van der Waals surface area contributed by atoms with E-state index in [1.165, 1.54) is 11.1 Å². The number of aliphatic hydroxyl groups is 1. The Morgan fingerprint density at radius 3 is 2.43 bits per heavy atom. The number of rotatable bonds is 8. The molecule has 0 amide bonds. The Bertz CT molecular complexity index is 419. The van der Waals surface area contributed by atoms with Crippen LogP contribution in [0.1, 0.15) is 31.4 Å². The van der Waals surface area contributed by atoms with Crippen LogP contribution in [-0.2, 0) is 17.8 Å². The van der Waals surface area contributed by atoms with E-state index in [0.717, 1.165) is 39.1 Å². The van der Waals surface area contributed by atoms with Crippen LogP contribution in [0.5, 0.6) is 0 Å². The third-order valence-corrected chi connectivity index (χ3v) is 3.93. The third-order valence-electron chi connectivity index (χ3n) is 3.93. The van der Waals surface area contributed by atoms with Gasteiger partial charge in [0.25, 0.3) is 0 Å². The fraction of sp³-hybridized carbons (Fsp3) is 0.647. The Balaban J connectivity index is 1.67. The zero-order chi connectivity index (χ0) is 15.3. The minimum Gasteiger partial charge on any atom is -0.390 e. The highest BCUT2D eigenvalue weighted by molar-refractivity contribution is 5.22. The maximum Gasteiger partial charge on any atom is 0.0825 e. The molecule has 0 saturated carbocycles. The molecule has 1 aliphatic rings. The van der Waals surface area contributed by atoms with Gasteiger partial charge in [-0.3, -0.25) is 4.90 Å². The average Bonchev–Trinajstić information content (AvgIpc) is 2.39. The van der Waals surface area contributed by atoms with Gasteiger partial charge in [0.1, 0.15) is 0 Å². The molecule has 0 atom stereocenters. The number of nitrogens with zero attached hydrogens (tertiary/aromatic N) is 1. The summed E-state index contributed by atoms with van der Waals surface area (Å²) in [4.78, 5) is 2.39. The van der Waals surface area contributed by atoms with E-state index in [9.17, 15) is 5.11 Å². The fourth-order valence-electron chi connectivity index (χ4n) is 2.45. The lowest BCUT2D eigenvalue weighted by molar-refractivity contribution is -0.0333. The molecule has 4 heteroatoms. The lowest BCUT2D eigenvalue weighted by Crippen LogP contribution is -2.50. The van der Waals surface area contributed by atoms with Gasteiger partial charge >= 0.3 is 0 Å². The molecule has 1 aromatic rings. The summed E-state index contributed by atoms with van der Waals surface area (Å²) in [6.07, 6.45) is 1.19. The molecule has 2 N–H and O–H groups in total. The van der Waals surface area contributed by atoms with E-state index in [-0.39, 0.29) is 0 Å². The molecular weight excluding hydrogens is 264 g/mol. The summed E-state index contributed by atoms with van der Waals surface area (Å²) in [5.41, 5.74) is 2.05. The lowest BCUT2D eigenvalue weighted by atomic mass is 10.1. The monoisotopic (exact) mass is 292 g/mol. The van der Waals surface area contributed by atoms with Gasteiger partial charge in [0.05, 0.1) is 11.7 Å². The highest BCUT2D eigenvalue weighted by Crippen LogP contribution is 2.15. The van der Waals surface area contributed by atoms with Gasteiger partial charge in [-0.1, -0.05) is 24.3 Å². The van der Waals surface area contributed by atoms with E-state index in [1.807, 2.05) is 13.8 Å². The molecule has 1 saturated heterocycles. The van der Waals surface area contributed by atoms with Crippen molar-refractivity contribution in [2.75, 3.05) is 26.7 Å². The van der Waals surface area contributed by atoms with Crippen molar-refractivity contribution in [1.29, 1.82) is 0 Å². The van der Waals surface area contributed by atoms with Crippen molar-refractivity contribution in [1.82, 2.24) is 10.2 Å². The van der Waals surface area contributed by atoms with Crippen molar-refractivity contribution in [3.63, 3.8) is 0 Å². The van der Waals surface area contributed by atoms with Crippen LogP contribution in [0, 0.1) is 0 Å². The quantitative estimate of drug-likeness (QED) is 0.717. The van der Waals surface area contributed by atoms with E-state index in [0.29, 0.717) is 6.10 Å². The van der Waals surface area contributed by atoms with Crippen LogP contribution in [0.3, 0.4) is 0 Å². The van der Waals surface area contributed by atoms with Gasteiger partial charge in [-0.25, -0.2) is 0 Å². The molecule has 118 valence electrons. The van der Waals surface area contributed by atoms with Gasteiger partial charge < -0.3 is 15.2 Å². The highest BCUT2D eigenvalue weighted by Gasteiger charge is 2.25. The summed E-state index contributed by atoms with van der Waals surface area (Å²) < 4.78 is 5.28. The largest absolute Gasteiger partial charge is 0.390 e. The molecule has 0 spiro atoms. The standard InChI is InChI=1S/C17H28N2O2/c1-17(2,20)8-9-18-10-14-4-6-15(7-5-14)11-19-12-16(13-19)21-3/h4-7,16,18,20H,8-13H2,1-3H3. The number of benzene rings is 1. The zero-order valence-electron chi connectivity index (χ0n) is 13.4. The first-order valence-electron chi connectivity index (χ1n) is 7.72. The topological polar surface area (TPSA) is 44.7 Å². The molecule has 4 nitrogen and oxygen atoms in total. The van der Waals surface area contributed by atoms with Crippen molar-refractivity contribution in [2.24, 2.45) is 0 Å². The fourth-order valence-corrected chi connectivity index (χ4v) is 2.45. The first kappa shape index (κ1) is 16.4. The first-order chi connectivity index (χ1) is 9.96. The summed E-state index contributed by atoms with van der Waals surface area (Å²) in [7, 11) is 1.78. The summed E-state index contributed by atoms with van der Waals surface area (Å²) in [5.74, 6) is 0. The van der Waals surface area contributed by atoms with E-state index >= 15 is 0 Å². The van der Waals surface area contributed by atoms with Crippen LogP contribution in [0.15, 0.2) is 24.3 Å². The molecule has 1 fully saturated rings. The molecule has 1 heterocycles. The molecule has 0 bridgehead atoms. The van der Waals surface area contributed by atoms with Crippen molar-refractivity contribution in [2.45, 2.75) is 45.1 Å². The summed E-state index contributed by atoms with van der Waals surface area (Å²) >= 11 is 0. The smallest absolute Gasteiger partial charge is 0.0825 e. The Morgan fingerprint density at radius 2 is 1.86 bits per heavy atom. The second kappa shape index (κ2) is 7.36. The predicted octanol–water partition coefficient (Wildman–Crippen LogP) is 1.77. The van der Waals surface area contributed by atoms with Crippen LogP contribution in [0.4, 0.5) is 0 Å². The number of methoxy groups -OCH3 is 1. The number of hydrogen-bond acceptors (Lipinski definition) is 4. The average molecular weight is 292 g/mol. The van der Waals surface area contributed by atoms with Gasteiger partial charge in [-0.2, -0.15) is 0 Å². The Labute approximate surface area is 128 Å². The van der Waals surface area contributed by atoms with Gasteiger partial charge in [0.2, 0.25) is 0 Å². The third kappa shape index (κ3) is 5.75. The number of nitrogens with one attached hydrogen (secondary N) is 1. The summed E-state index contributed by atoms with van der Waals surface area (Å²) in [6, 6.07) is 8.76. The molecule has 0 aromatic heterocycles. The van der Waals surface area contributed by atoms with Gasteiger partial charge in [-0.05, 0) is 37.9 Å². The van der Waals surface area contributed by atoms with Crippen molar-refractivity contribution in [3.05, 3.63) is 35.4 Å². The van der Waals surface area contributed by atoms with Gasteiger partial charge in [-0.15, -0.1) is 0 Å². The van der Waals surface area contributed by atoms with E-state index in [2.05, 4.69) is 34.5 Å². The Kier molecular flexibility index (Phi) is 5.76. The normalized spacial score (nSPS) is 17.0. The van der Waals surface area contributed by atoms with Crippen molar-refractivity contribution < 1.29 is 9.84 Å². The minimum atomic E-state index is -0.589. The van der Waals surface area contributed by atoms with E-state index in [1.54, 1.807) is 7.11 Å². The van der Waals surface area contributed by atoms with Gasteiger partial charge in [0.15, 0.2) is 0 Å². The van der Waals surface area contributed by atoms with Crippen LogP contribution in [0.25, 0.3) is 0 Å². The number of ether oxygens (including phenoxy) is 1. The molecule has 1 aliphatic heterocycles. The Morgan fingerprint density at radius 1 is 1.24 bits per heavy atom. The minimum absolute atomic E-state index is 0.421. The Hall–Kier alpha value is -0.940. The predicted molar refractivity (Wildman–Crippen MR) is 85.1 cm³/mol. The molecule has 21 heavy (non-hydrogen) atoms. The maximum atomic E-state index is 9.65. The molecule has 0 radical (unpaired) electrons. The molecule has 2 rings (SSSR count). The highest BCUT2D eigenvalue weighted by atomic mass is 16.5. The van der Waals surface area contributed by atoms with Crippen molar-refractivity contribution >= 4 is 0 Å². The lowest BCUT2D eigenvalue weighted by Gasteiger charge is -2.38. The molecule has 0 aliphatic carbocycles. The van der Waals surface area contributed by atoms with Crippen LogP contribution < -0.4 is 5.32 Å². The summed E-state index contributed by atoms with van der Waals surface area (Å²) in [5, 5.41) is 13.0. The first-order valence-corrected chi connectivity index (χ1v) is 7.72. The number of hydrogen-bond donors (Lipinski definition) is 2. The van der Waals surface area contributed by atoms with E-state index < -0.39 is 5.60 Å². The van der Waals surface area contributed by atoms with Crippen LogP contribution in [0.2, 0.25) is 0 Å². The number of likely N-dealkylation sites (tertiary alicyclic amines) is 1. The molecule has 1 aromatic carbocycles. The zero-order valence-corrected chi connectivity index (χ0v) is 13.4. The maximum absolute atomic E-state index is 9.65. The molecular formula is C17H28N2O2. The van der Waals surface area contributed by atoms with Crippen LogP contribution >= 0.6 is 0 Å². The van der Waals surface area contributed by atoms with Crippen LogP contribution in [-0.4, -0.2) is 48.5 Å². The van der Waals surface area contributed by atoms with Gasteiger partial charge in [0, 0.05) is 33.3 Å². The summed E-state index contributed by atoms with van der Waals surface area (Å²) in [6.45, 7) is 8.45. The SMILES string of the molecule is COC1CN(Cc2ccc(CNCCC(C)(C)O)cc2)C1. The van der Waals surface area contributed by atoms with Crippen molar-refractivity contribution in [3.8, 4) is 0 Å². The second-order valence-corrected chi connectivity index (χ2v) is 6.61. The van der Waals surface area contributed by atoms with E-state index in [4.69, 9.17) is 4.74 Å². The molecule has 0 unspecified atom stereocenters.